The van der Waals surface area contributed by atoms with Gasteiger partial charge in [-0.1, -0.05) is 11.6 Å². The Morgan fingerprint density at radius 1 is 1.50 bits per heavy atom. The molecular formula is C10H6ClFN2O2. The summed E-state index contributed by atoms with van der Waals surface area (Å²) in [5.74, 6) is -1.41. The van der Waals surface area contributed by atoms with Crippen LogP contribution in [0.2, 0.25) is 5.02 Å². The van der Waals surface area contributed by atoms with Gasteiger partial charge in [0.25, 0.3) is 0 Å². The van der Waals surface area contributed by atoms with Gasteiger partial charge in [0.1, 0.15) is 17.3 Å². The summed E-state index contributed by atoms with van der Waals surface area (Å²) in [6.07, 6.45) is 1.17. The van der Waals surface area contributed by atoms with Crippen molar-refractivity contribution in [2.45, 2.75) is 0 Å². The number of rotatable bonds is 2. The predicted octanol–water partition coefficient (Wildman–Crippen LogP) is 2.57. The van der Waals surface area contributed by atoms with Gasteiger partial charge in [0.15, 0.2) is 0 Å². The molecular weight excluding hydrogens is 235 g/mol. The van der Waals surface area contributed by atoms with Crippen LogP contribution in [0.1, 0.15) is 10.5 Å². The molecule has 0 fully saturated rings. The van der Waals surface area contributed by atoms with Crippen LogP contribution in [0.4, 0.5) is 4.39 Å². The third-order valence-corrected chi connectivity index (χ3v) is 2.31. The number of aromatic nitrogens is 2. The number of H-pyrrole nitrogens is 1. The molecule has 16 heavy (non-hydrogen) atoms. The van der Waals surface area contributed by atoms with Gasteiger partial charge in [0, 0.05) is 5.56 Å². The van der Waals surface area contributed by atoms with Gasteiger partial charge in [0.05, 0.1) is 11.2 Å². The van der Waals surface area contributed by atoms with Gasteiger partial charge in [-0.05, 0) is 18.2 Å². The van der Waals surface area contributed by atoms with Gasteiger partial charge < -0.3 is 10.1 Å². The number of imidazole rings is 1. The van der Waals surface area contributed by atoms with E-state index in [4.69, 9.17) is 16.7 Å². The lowest BCUT2D eigenvalue weighted by molar-refractivity contribution is 0.0691. The lowest BCUT2D eigenvalue weighted by Gasteiger charge is -1.98. The molecule has 0 aliphatic carbocycles. The van der Waals surface area contributed by atoms with E-state index in [1.54, 1.807) is 6.07 Å². The van der Waals surface area contributed by atoms with Crippen molar-refractivity contribution in [2.24, 2.45) is 0 Å². The van der Waals surface area contributed by atoms with Crippen LogP contribution in [0.3, 0.4) is 0 Å². The van der Waals surface area contributed by atoms with E-state index in [0.717, 1.165) is 0 Å². The number of carboxylic acid groups (broad SMARTS) is 1. The fraction of sp³-hybridized carbons (Fsp3) is 0. The third-order valence-electron chi connectivity index (χ3n) is 2.00. The number of halogens is 2. The fourth-order valence-electron chi connectivity index (χ4n) is 1.22. The van der Waals surface area contributed by atoms with Crippen molar-refractivity contribution in [3.05, 3.63) is 40.9 Å². The number of hydrogen-bond acceptors (Lipinski definition) is 2. The Labute approximate surface area is 94.7 Å². The van der Waals surface area contributed by atoms with Crippen LogP contribution in [-0.2, 0) is 0 Å². The van der Waals surface area contributed by atoms with Crippen LogP contribution in [0.25, 0.3) is 11.4 Å². The first-order valence-electron chi connectivity index (χ1n) is 4.31. The molecule has 4 nitrogen and oxygen atoms in total. The van der Waals surface area contributed by atoms with Crippen molar-refractivity contribution in [3.8, 4) is 11.4 Å². The van der Waals surface area contributed by atoms with E-state index >= 15 is 0 Å². The van der Waals surface area contributed by atoms with Crippen LogP contribution >= 0.6 is 11.6 Å². The molecule has 2 aromatic rings. The highest BCUT2D eigenvalue weighted by atomic mass is 35.5. The van der Waals surface area contributed by atoms with E-state index in [1.165, 1.54) is 18.3 Å². The maximum absolute atomic E-state index is 13.1. The fourth-order valence-corrected chi connectivity index (χ4v) is 1.34. The molecule has 2 rings (SSSR count). The van der Waals surface area contributed by atoms with Crippen LogP contribution in [-0.4, -0.2) is 21.0 Å². The number of carboxylic acids is 1. The van der Waals surface area contributed by atoms with E-state index in [2.05, 4.69) is 9.97 Å². The summed E-state index contributed by atoms with van der Waals surface area (Å²) in [5.41, 5.74) is 0.389. The highest BCUT2D eigenvalue weighted by molar-refractivity contribution is 6.30. The minimum Gasteiger partial charge on any atom is -0.477 e. The van der Waals surface area contributed by atoms with Crippen LogP contribution in [0.5, 0.6) is 0 Å². The van der Waals surface area contributed by atoms with Gasteiger partial charge in [-0.3, -0.25) is 0 Å². The molecule has 1 aromatic carbocycles. The summed E-state index contributed by atoms with van der Waals surface area (Å²) in [6, 6.07) is 4.12. The standard InChI is InChI=1S/C10H6ClFN2O2/c11-6-2-1-5(3-7(6)12)9-13-4-8(14-9)10(15)16/h1-4H,(H,13,14)(H,15,16). The molecule has 0 unspecified atom stereocenters. The Bertz CT molecular complexity index is 554. The molecule has 0 radical (unpaired) electrons. The van der Waals surface area contributed by atoms with Crippen LogP contribution < -0.4 is 0 Å². The first-order chi connectivity index (χ1) is 7.58. The molecule has 0 atom stereocenters. The molecule has 0 saturated heterocycles. The van der Waals surface area contributed by atoms with Gasteiger partial charge in [0.2, 0.25) is 0 Å². The zero-order chi connectivity index (χ0) is 11.7. The van der Waals surface area contributed by atoms with Crippen molar-refractivity contribution in [3.63, 3.8) is 0 Å². The Morgan fingerprint density at radius 2 is 2.25 bits per heavy atom. The number of nitrogens with one attached hydrogen (secondary N) is 1. The van der Waals surface area contributed by atoms with Crippen LogP contribution in [0, 0.1) is 5.82 Å². The highest BCUT2D eigenvalue weighted by Crippen LogP contribution is 2.21. The number of aromatic carboxylic acids is 1. The molecule has 1 heterocycles. The summed E-state index contributed by atoms with van der Waals surface area (Å²) >= 11 is 5.52. The SMILES string of the molecule is O=C(O)c1cnc(-c2ccc(Cl)c(F)c2)[nH]1. The lowest BCUT2D eigenvalue weighted by Crippen LogP contribution is -1.95. The number of nitrogens with zero attached hydrogens (tertiary/aromatic N) is 1. The van der Waals surface area contributed by atoms with E-state index < -0.39 is 11.8 Å². The quantitative estimate of drug-likeness (QED) is 0.848. The number of carbonyl (C=O) groups is 1. The summed E-state index contributed by atoms with van der Waals surface area (Å²) in [6.45, 7) is 0. The topological polar surface area (TPSA) is 66.0 Å². The second-order valence-corrected chi connectivity index (χ2v) is 3.49. The van der Waals surface area contributed by atoms with Crippen molar-refractivity contribution in [1.29, 1.82) is 0 Å². The molecule has 82 valence electrons. The maximum Gasteiger partial charge on any atom is 0.353 e. The summed E-state index contributed by atoms with van der Waals surface area (Å²) in [5, 5.41) is 8.69. The molecule has 6 heteroatoms. The summed E-state index contributed by atoms with van der Waals surface area (Å²) in [7, 11) is 0. The molecule has 2 N–H and O–H groups in total. The largest absolute Gasteiger partial charge is 0.477 e. The van der Waals surface area contributed by atoms with Crippen LogP contribution in [0.15, 0.2) is 24.4 Å². The molecule has 0 saturated carbocycles. The Hall–Kier alpha value is -1.88. The van der Waals surface area contributed by atoms with Crippen molar-refractivity contribution >= 4 is 17.6 Å². The zero-order valence-electron chi connectivity index (χ0n) is 7.87. The maximum atomic E-state index is 13.1. The predicted molar refractivity (Wildman–Crippen MR) is 56.0 cm³/mol. The van der Waals surface area contributed by atoms with Crippen molar-refractivity contribution in [2.75, 3.05) is 0 Å². The number of benzene rings is 1. The lowest BCUT2D eigenvalue weighted by atomic mass is 10.2. The summed E-state index contributed by atoms with van der Waals surface area (Å²) in [4.78, 5) is 17.0. The number of aromatic amines is 1. The van der Waals surface area contributed by atoms with Gasteiger partial charge in [-0.2, -0.15) is 0 Å². The average Bonchev–Trinajstić information content (AvgIpc) is 2.71. The Kier molecular flexibility index (Phi) is 2.62. The smallest absolute Gasteiger partial charge is 0.353 e. The first-order valence-corrected chi connectivity index (χ1v) is 4.69. The van der Waals surface area contributed by atoms with Crippen molar-refractivity contribution < 1.29 is 14.3 Å². The molecule has 1 aromatic heterocycles. The van der Waals surface area contributed by atoms with E-state index in [-0.39, 0.29) is 16.5 Å². The van der Waals surface area contributed by atoms with E-state index in [0.29, 0.717) is 5.56 Å². The Balaban J connectivity index is 2.42. The first kappa shape index (κ1) is 10.6. The average molecular weight is 241 g/mol. The normalized spacial score (nSPS) is 10.4. The van der Waals surface area contributed by atoms with E-state index in [1.807, 2.05) is 0 Å². The van der Waals surface area contributed by atoms with Gasteiger partial charge in [-0.15, -0.1) is 0 Å². The minimum atomic E-state index is -1.12. The second kappa shape index (κ2) is 3.94. The third kappa shape index (κ3) is 1.90. The monoisotopic (exact) mass is 240 g/mol. The number of hydrogen-bond donors (Lipinski definition) is 2. The van der Waals surface area contributed by atoms with Gasteiger partial charge >= 0.3 is 5.97 Å². The minimum absolute atomic E-state index is 0.00811. The van der Waals surface area contributed by atoms with Crippen molar-refractivity contribution in [1.82, 2.24) is 9.97 Å². The second-order valence-electron chi connectivity index (χ2n) is 3.08. The highest BCUT2D eigenvalue weighted by Gasteiger charge is 2.10. The van der Waals surface area contributed by atoms with Gasteiger partial charge in [-0.25, -0.2) is 14.2 Å². The van der Waals surface area contributed by atoms with E-state index in [9.17, 15) is 9.18 Å². The molecule has 0 aliphatic heterocycles. The molecule has 0 aliphatic rings. The summed E-state index contributed by atoms with van der Waals surface area (Å²) < 4.78 is 13.1. The molecule has 0 bridgehead atoms. The zero-order valence-corrected chi connectivity index (χ0v) is 8.62. The molecule has 0 spiro atoms. The Morgan fingerprint density at radius 3 is 2.81 bits per heavy atom. The molecule has 0 amide bonds.